The van der Waals surface area contributed by atoms with Crippen LogP contribution in [0, 0.1) is 17.2 Å². The fraction of sp³-hybridized carbons (Fsp3) is 0.933. The van der Waals surface area contributed by atoms with Gasteiger partial charge in [0.05, 0.1) is 12.2 Å². The minimum Gasteiger partial charge on any atom is -0.378 e. The molecule has 0 aliphatic heterocycles. The molecule has 3 unspecified atom stereocenters. The molecular formula is C15H28N2O. The predicted octanol–water partition coefficient (Wildman–Crippen LogP) is 3.25. The van der Waals surface area contributed by atoms with Crippen molar-refractivity contribution < 1.29 is 4.74 Å². The number of ether oxygens (including phenoxy) is 1. The highest BCUT2D eigenvalue weighted by Gasteiger charge is 2.26. The third-order valence-corrected chi connectivity index (χ3v) is 4.41. The zero-order valence-electron chi connectivity index (χ0n) is 12.2. The Morgan fingerprint density at radius 1 is 1.39 bits per heavy atom. The Morgan fingerprint density at radius 3 is 2.67 bits per heavy atom. The Morgan fingerprint density at radius 2 is 2.11 bits per heavy atom. The van der Waals surface area contributed by atoms with Crippen molar-refractivity contribution in [1.82, 2.24) is 5.32 Å². The van der Waals surface area contributed by atoms with Crippen LogP contribution in [0.4, 0.5) is 0 Å². The molecule has 1 aliphatic carbocycles. The van der Waals surface area contributed by atoms with E-state index >= 15 is 0 Å². The van der Waals surface area contributed by atoms with Gasteiger partial charge in [0.2, 0.25) is 0 Å². The SMILES string of the molecule is CCC(C#N)(CCCOC1CCCCC1C)NC. The van der Waals surface area contributed by atoms with Crippen molar-refractivity contribution in [3.05, 3.63) is 0 Å². The van der Waals surface area contributed by atoms with Crippen molar-refractivity contribution in [2.45, 2.75) is 70.4 Å². The predicted molar refractivity (Wildman–Crippen MR) is 74.3 cm³/mol. The van der Waals surface area contributed by atoms with Crippen LogP contribution in [0.2, 0.25) is 0 Å². The minimum atomic E-state index is -0.360. The molecule has 18 heavy (non-hydrogen) atoms. The van der Waals surface area contributed by atoms with Gasteiger partial charge in [0.15, 0.2) is 0 Å². The van der Waals surface area contributed by atoms with E-state index < -0.39 is 0 Å². The first kappa shape index (κ1) is 15.5. The first-order valence-electron chi connectivity index (χ1n) is 7.39. The van der Waals surface area contributed by atoms with Crippen LogP contribution in [-0.2, 0) is 4.74 Å². The highest BCUT2D eigenvalue weighted by atomic mass is 16.5. The fourth-order valence-corrected chi connectivity index (χ4v) is 2.81. The van der Waals surface area contributed by atoms with E-state index in [0.717, 1.165) is 25.9 Å². The van der Waals surface area contributed by atoms with Crippen LogP contribution in [-0.4, -0.2) is 25.3 Å². The molecule has 1 saturated carbocycles. The summed E-state index contributed by atoms with van der Waals surface area (Å²) in [7, 11) is 1.87. The number of rotatable bonds is 7. The molecule has 0 aromatic heterocycles. The zero-order chi connectivity index (χ0) is 13.4. The van der Waals surface area contributed by atoms with Gasteiger partial charge in [0.25, 0.3) is 0 Å². The van der Waals surface area contributed by atoms with Crippen LogP contribution in [0.3, 0.4) is 0 Å². The number of nitrogens with one attached hydrogen (secondary N) is 1. The van der Waals surface area contributed by atoms with E-state index in [9.17, 15) is 5.26 Å². The van der Waals surface area contributed by atoms with Gasteiger partial charge in [-0.05, 0) is 45.1 Å². The van der Waals surface area contributed by atoms with Gasteiger partial charge in [-0.1, -0.05) is 26.7 Å². The highest BCUT2D eigenvalue weighted by molar-refractivity contribution is 5.05. The fourth-order valence-electron chi connectivity index (χ4n) is 2.81. The maximum Gasteiger partial charge on any atom is 0.106 e. The van der Waals surface area contributed by atoms with Crippen LogP contribution in [0.1, 0.15) is 58.8 Å². The van der Waals surface area contributed by atoms with Gasteiger partial charge in [-0.2, -0.15) is 5.26 Å². The molecule has 0 heterocycles. The van der Waals surface area contributed by atoms with Gasteiger partial charge >= 0.3 is 0 Å². The first-order valence-corrected chi connectivity index (χ1v) is 7.39. The third kappa shape index (κ3) is 4.26. The van der Waals surface area contributed by atoms with E-state index in [0.29, 0.717) is 12.0 Å². The molecule has 0 aromatic rings. The van der Waals surface area contributed by atoms with E-state index in [1.807, 2.05) is 7.05 Å². The molecule has 3 atom stereocenters. The van der Waals surface area contributed by atoms with Crippen molar-refractivity contribution in [1.29, 1.82) is 5.26 Å². The van der Waals surface area contributed by atoms with Crippen molar-refractivity contribution in [2.75, 3.05) is 13.7 Å². The second kappa shape index (κ2) is 7.76. The zero-order valence-corrected chi connectivity index (χ0v) is 12.2. The minimum absolute atomic E-state index is 0.360. The molecule has 3 heteroatoms. The summed E-state index contributed by atoms with van der Waals surface area (Å²) in [6, 6.07) is 2.40. The molecule has 1 aliphatic rings. The highest BCUT2D eigenvalue weighted by Crippen LogP contribution is 2.26. The van der Waals surface area contributed by atoms with Crippen LogP contribution in [0.15, 0.2) is 0 Å². The topological polar surface area (TPSA) is 45.0 Å². The maximum absolute atomic E-state index is 9.21. The molecule has 0 radical (unpaired) electrons. The van der Waals surface area contributed by atoms with Crippen LogP contribution in [0.5, 0.6) is 0 Å². The standard InChI is InChI=1S/C15H28N2O/c1-4-15(12-16,17-3)10-7-11-18-14-9-6-5-8-13(14)2/h13-14,17H,4-11H2,1-3H3. The van der Waals surface area contributed by atoms with Crippen molar-refractivity contribution >= 4 is 0 Å². The Labute approximate surface area is 112 Å². The average Bonchev–Trinajstić information content (AvgIpc) is 2.42. The quantitative estimate of drug-likeness (QED) is 0.707. The molecule has 0 saturated heterocycles. The number of hydrogen-bond acceptors (Lipinski definition) is 3. The molecule has 0 aromatic carbocycles. The van der Waals surface area contributed by atoms with E-state index in [1.165, 1.54) is 25.7 Å². The van der Waals surface area contributed by atoms with Gasteiger partial charge in [-0.25, -0.2) is 0 Å². The second-order valence-corrected chi connectivity index (χ2v) is 5.57. The number of nitriles is 1. The molecule has 0 amide bonds. The van der Waals surface area contributed by atoms with E-state index in [1.54, 1.807) is 0 Å². The van der Waals surface area contributed by atoms with Crippen LogP contribution in [0.25, 0.3) is 0 Å². The van der Waals surface area contributed by atoms with E-state index in [4.69, 9.17) is 4.74 Å². The normalized spacial score (nSPS) is 27.4. The summed E-state index contributed by atoms with van der Waals surface area (Å²) in [4.78, 5) is 0. The molecule has 1 rings (SSSR count). The number of nitrogens with zero attached hydrogens (tertiary/aromatic N) is 1. The van der Waals surface area contributed by atoms with Crippen LogP contribution >= 0.6 is 0 Å². The molecule has 3 nitrogen and oxygen atoms in total. The van der Waals surface area contributed by atoms with Gasteiger partial charge in [0.1, 0.15) is 5.54 Å². The lowest BCUT2D eigenvalue weighted by atomic mass is 9.88. The summed E-state index contributed by atoms with van der Waals surface area (Å²) >= 11 is 0. The molecule has 104 valence electrons. The lowest BCUT2D eigenvalue weighted by molar-refractivity contribution is -0.00779. The lowest BCUT2D eigenvalue weighted by Crippen LogP contribution is -2.41. The second-order valence-electron chi connectivity index (χ2n) is 5.57. The molecule has 1 N–H and O–H groups in total. The summed E-state index contributed by atoms with van der Waals surface area (Å²) in [5.74, 6) is 0.704. The van der Waals surface area contributed by atoms with E-state index in [-0.39, 0.29) is 5.54 Å². The Hall–Kier alpha value is -0.590. The van der Waals surface area contributed by atoms with Gasteiger partial charge in [-0.3, -0.25) is 0 Å². The van der Waals surface area contributed by atoms with Gasteiger partial charge in [-0.15, -0.1) is 0 Å². The van der Waals surface area contributed by atoms with Gasteiger partial charge in [0, 0.05) is 6.61 Å². The summed E-state index contributed by atoms with van der Waals surface area (Å²) in [5, 5.41) is 12.4. The van der Waals surface area contributed by atoms with Crippen molar-refractivity contribution in [3.8, 4) is 6.07 Å². The molecular weight excluding hydrogens is 224 g/mol. The van der Waals surface area contributed by atoms with E-state index in [2.05, 4.69) is 25.2 Å². The third-order valence-electron chi connectivity index (χ3n) is 4.41. The lowest BCUT2D eigenvalue weighted by Gasteiger charge is -2.29. The smallest absolute Gasteiger partial charge is 0.106 e. The number of hydrogen-bond donors (Lipinski definition) is 1. The monoisotopic (exact) mass is 252 g/mol. The summed E-state index contributed by atoms with van der Waals surface area (Å²) in [5.41, 5.74) is -0.360. The van der Waals surface area contributed by atoms with Crippen molar-refractivity contribution in [3.63, 3.8) is 0 Å². The van der Waals surface area contributed by atoms with Crippen molar-refractivity contribution in [2.24, 2.45) is 5.92 Å². The molecule has 0 spiro atoms. The summed E-state index contributed by atoms with van der Waals surface area (Å²) in [6.45, 7) is 5.15. The molecule has 0 bridgehead atoms. The Kier molecular flexibility index (Phi) is 6.67. The first-order chi connectivity index (χ1) is 8.67. The summed E-state index contributed by atoms with van der Waals surface area (Å²) < 4.78 is 5.99. The molecule has 1 fully saturated rings. The Bertz CT molecular complexity index is 268. The average molecular weight is 252 g/mol. The summed E-state index contributed by atoms with van der Waals surface area (Å²) in [6.07, 6.45) is 8.31. The van der Waals surface area contributed by atoms with Gasteiger partial charge < -0.3 is 10.1 Å². The maximum atomic E-state index is 9.21. The van der Waals surface area contributed by atoms with Crippen LogP contribution < -0.4 is 5.32 Å². The Balaban J connectivity index is 2.23. The largest absolute Gasteiger partial charge is 0.378 e.